The van der Waals surface area contributed by atoms with Gasteiger partial charge < -0.3 is 10.5 Å². The number of fused-ring (bicyclic) bond motifs is 1. The van der Waals surface area contributed by atoms with Crippen LogP contribution in [0.5, 0.6) is 0 Å². The smallest absolute Gasteiger partial charge is 0.338 e. The predicted octanol–water partition coefficient (Wildman–Crippen LogP) is 1.67. The fraction of sp³-hybridized carbons (Fsp3) is 0.0625. The van der Waals surface area contributed by atoms with Gasteiger partial charge in [0.05, 0.1) is 16.6 Å². The monoisotopic (exact) mass is 295 g/mol. The molecule has 0 aliphatic rings. The summed E-state index contributed by atoms with van der Waals surface area (Å²) in [6.45, 7) is -0.424. The summed E-state index contributed by atoms with van der Waals surface area (Å²) in [6.07, 6.45) is 1.73. The molecule has 22 heavy (non-hydrogen) atoms. The van der Waals surface area contributed by atoms with Crippen LogP contribution in [0.4, 0.5) is 0 Å². The minimum atomic E-state index is -0.685. The highest BCUT2D eigenvalue weighted by Crippen LogP contribution is 2.18. The van der Waals surface area contributed by atoms with Gasteiger partial charge in [-0.25, -0.2) is 9.78 Å². The normalized spacial score (nSPS) is 10.5. The number of nitrogens with zero attached hydrogens (tertiary/aromatic N) is 2. The molecule has 3 aromatic rings. The predicted molar refractivity (Wildman–Crippen MR) is 80.5 cm³/mol. The lowest BCUT2D eigenvalue weighted by Crippen LogP contribution is -2.20. The molecule has 6 heteroatoms. The van der Waals surface area contributed by atoms with E-state index in [9.17, 15) is 9.59 Å². The van der Waals surface area contributed by atoms with Gasteiger partial charge in [0.15, 0.2) is 6.61 Å². The van der Waals surface area contributed by atoms with E-state index in [1.165, 1.54) is 0 Å². The number of carbonyl (C=O) groups is 2. The quantitative estimate of drug-likeness (QED) is 0.742. The second-order valence-electron chi connectivity index (χ2n) is 4.69. The van der Waals surface area contributed by atoms with Crippen molar-refractivity contribution in [3.05, 3.63) is 60.4 Å². The number of carbonyl (C=O) groups excluding carboxylic acids is 2. The number of ether oxygens (including phenoxy) is 1. The fourth-order valence-corrected chi connectivity index (χ4v) is 2.14. The molecule has 110 valence electrons. The van der Waals surface area contributed by atoms with Crippen LogP contribution in [0.2, 0.25) is 0 Å². The number of rotatable bonds is 4. The van der Waals surface area contributed by atoms with Crippen LogP contribution >= 0.6 is 0 Å². The van der Waals surface area contributed by atoms with Gasteiger partial charge in [-0.15, -0.1) is 0 Å². The maximum atomic E-state index is 11.7. The van der Waals surface area contributed by atoms with E-state index in [2.05, 4.69) is 4.98 Å². The van der Waals surface area contributed by atoms with Crippen LogP contribution < -0.4 is 5.73 Å². The molecule has 1 heterocycles. The molecule has 0 saturated heterocycles. The lowest BCUT2D eigenvalue weighted by Gasteiger charge is -2.06. The highest BCUT2D eigenvalue weighted by Gasteiger charge is 2.09. The zero-order valence-electron chi connectivity index (χ0n) is 11.6. The summed E-state index contributed by atoms with van der Waals surface area (Å²) in [4.78, 5) is 26.6. The lowest BCUT2D eigenvalue weighted by atomic mass is 10.2. The third-order valence-electron chi connectivity index (χ3n) is 3.18. The molecule has 0 radical (unpaired) electrons. The van der Waals surface area contributed by atoms with Crippen molar-refractivity contribution in [1.82, 2.24) is 9.55 Å². The zero-order chi connectivity index (χ0) is 15.5. The van der Waals surface area contributed by atoms with E-state index < -0.39 is 18.5 Å². The molecule has 1 aromatic heterocycles. The average Bonchev–Trinajstić information content (AvgIpc) is 2.97. The van der Waals surface area contributed by atoms with Crippen LogP contribution in [0.15, 0.2) is 54.9 Å². The van der Waals surface area contributed by atoms with Crippen molar-refractivity contribution in [2.75, 3.05) is 6.61 Å². The molecule has 0 aliphatic heterocycles. The number of amides is 1. The lowest BCUT2D eigenvalue weighted by molar-refractivity contribution is -0.121. The van der Waals surface area contributed by atoms with Crippen LogP contribution in [0.25, 0.3) is 16.7 Å². The van der Waals surface area contributed by atoms with Gasteiger partial charge in [0.2, 0.25) is 0 Å². The molecule has 6 nitrogen and oxygen atoms in total. The number of aromatic nitrogens is 2. The highest BCUT2D eigenvalue weighted by atomic mass is 16.5. The number of imidazole rings is 1. The fourth-order valence-electron chi connectivity index (χ4n) is 2.14. The van der Waals surface area contributed by atoms with Gasteiger partial charge in [-0.05, 0) is 36.4 Å². The summed E-state index contributed by atoms with van der Waals surface area (Å²) < 4.78 is 6.68. The number of primary amides is 1. The standard InChI is InChI=1S/C16H13N3O3/c17-15(20)9-22-16(21)11-5-7-12(8-6-11)19-10-18-13-3-1-2-4-14(13)19/h1-8,10H,9H2,(H2,17,20). The van der Waals surface area contributed by atoms with Crippen molar-refractivity contribution >= 4 is 22.9 Å². The molecule has 2 aromatic carbocycles. The Morgan fingerprint density at radius 1 is 1.09 bits per heavy atom. The van der Waals surface area contributed by atoms with Gasteiger partial charge >= 0.3 is 5.97 Å². The van der Waals surface area contributed by atoms with Crippen LogP contribution in [0.3, 0.4) is 0 Å². The summed E-state index contributed by atoms with van der Waals surface area (Å²) >= 11 is 0. The van der Waals surface area contributed by atoms with Crippen molar-refractivity contribution in [3.8, 4) is 5.69 Å². The van der Waals surface area contributed by atoms with Gasteiger partial charge in [-0.1, -0.05) is 12.1 Å². The summed E-state index contributed by atoms with van der Waals surface area (Å²) in [5.41, 5.74) is 8.04. The van der Waals surface area contributed by atoms with Crippen molar-refractivity contribution in [2.45, 2.75) is 0 Å². The Balaban J connectivity index is 1.85. The molecule has 0 atom stereocenters. The Bertz CT molecular complexity index is 837. The van der Waals surface area contributed by atoms with Gasteiger partial charge in [0, 0.05) is 5.69 Å². The molecule has 1 amide bonds. The molecule has 0 fully saturated rings. The molecular weight excluding hydrogens is 282 g/mol. The average molecular weight is 295 g/mol. The minimum absolute atomic E-state index is 0.356. The number of hydrogen-bond donors (Lipinski definition) is 1. The first-order chi connectivity index (χ1) is 10.6. The van der Waals surface area contributed by atoms with Crippen LogP contribution in [-0.4, -0.2) is 28.0 Å². The highest BCUT2D eigenvalue weighted by molar-refractivity contribution is 5.91. The first kappa shape index (κ1) is 13.8. The van der Waals surface area contributed by atoms with E-state index in [0.717, 1.165) is 16.7 Å². The van der Waals surface area contributed by atoms with Gasteiger partial charge in [-0.3, -0.25) is 9.36 Å². The number of para-hydroxylation sites is 2. The summed E-state index contributed by atoms with van der Waals surface area (Å²) in [6, 6.07) is 14.6. The van der Waals surface area contributed by atoms with E-state index in [1.807, 2.05) is 28.8 Å². The largest absolute Gasteiger partial charge is 0.452 e. The third kappa shape index (κ3) is 2.67. The Kier molecular flexibility index (Phi) is 3.57. The second-order valence-corrected chi connectivity index (χ2v) is 4.69. The Morgan fingerprint density at radius 3 is 2.55 bits per heavy atom. The molecule has 0 spiro atoms. The topological polar surface area (TPSA) is 87.2 Å². The molecule has 0 saturated carbocycles. The van der Waals surface area contributed by atoms with Gasteiger partial charge in [-0.2, -0.15) is 0 Å². The van der Waals surface area contributed by atoms with Crippen molar-refractivity contribution < 1.29 is 14.3 Å². The van der Waals surface area contributed by atoms with E-state index in [-0.39, 0.29) is 0 Å². The van der Waals surface area contributed by atoms with Gasteiger partial charge in [0.25, 0.3) is 5.91 Å². The number of hydrogen-bond acceptors (Lipinski definition) is 4. The maximum Gasteiger partial charge on any atom is 0.338 e. The minimum Gasteiger partial charge on any atom is -0.452 e. The Labute approximate surface area is 126 Å². The maximum absolute atomic E-state index is 11.7. The van der Waals surface area contributed by atoms with Crippen LogP contribution in [0, 0.1) is 0 Å². The number of benzene rings is 2. The molecule has 0 unspecified atom stereocenters. The van der Waals surface area contributed by atoms with E-state index in [4.69, 9.17) is 10.5 Å². The zero-order valence-corrected chi connectivity index (χ0v) is 11.6. The summed E-state index contributed by atoms with van der Waals surface area (Å²) in [7, 11) is 0. The van der Waals surface area contributed by atoms with E-state index in [0.29, 0.717) is 5.56 Å². The summed E-state index contributed by atoms with van der Waals surface area (Å²) in [5.74, 6) is -1.27. The molecule has 2 N–H and O–H groups in total. The SMILES string of the molecule is NC(=O)COC(=O)c1ccc(-n2cnc3ccccc32)cc1. The third-order valence-corrected chi connectivity index (χ3v) is 3.18. The number of nitrogens with two attached hydrogens (primary N) is 1. The summed E-state index contributed by atoms with van der Waals surface area (Å²) in [5, 5.41) is 0. The molecule has 0 bridgehead atoms. The Hall–Kier alpha value is -3.15. The van der Waals surface area contributed by atoms with Crippen molar-refractivity contribution in [2.24, 2.45) is 5.73 Å². The van der Waals surface area contributed by atoms with Crippen molar-refractivity contribution in [1.29, 1.82) is 0 Å². The van der Waals surface area contributed by atoms with Crippen LogP contribution in [0.1, 0.15) is 10.4 Å². The van der Waals surface area contributed by atoms with Crippen LogP contribution in [-0.2, 0) is 9.53 Å². The second kappa shape index (κ2) is 5.69. The first-order valence-electron chi connectivity index (χ1n) is 6.63. The van der Waals surface area contributed by atoms with Gasteiger partial charge in [0.1, 0.15) is 6.33 Å². The number of esters is 1. The van der Waals surface area contributed by atoms with E-state index in [1.54, 1.807) is 30.6 Å². The molecular formula is C16H13N3O3. The Morgan fingerprint density at radius 2 is 1.82 bits per heavy atom. The first-order valence-corrected chi connectivity index (χ1v) is 6.63. The van der Waals surface area contributed by atoms with E-state index >= 15 is 0 Å². The van der Waals surface area contributed by atoms with Crippen molar-refractivity contribution in [3.63, 3.8) is 0 Å². The molecule has 3 rings (SSSR count). The molecule has 0 aliphatic carbocycles.